The Kier molecular flexibility index (Phi) is 5.51. The van der Waals surface area contributed by atoms with Gasteiger partial charge in [-0.05, 0) is 37.2 Å². The molecule has 132 valence electrons. The highest BCUT2D eigenvalue weighted by molar-refractivity contribution is 5.40. The molecule has 5 nitrogen and oxygen atoms in total. The van der Waals surface area contributed by atoms with Crippen LogP contribution < -0.4 is 4.90 Å². The van der Waals surface area contributed by atoms with Crippen molar-refractivity contribution in [2.24, 2.45) is 5.41 Å². The maximum atomic E-state index is 5.97. The van der Waals surface area contributed by atoms with Gasteiger partial charge >= 0.3 is 0 Å². The van der Waals surface area contributed by atoms with Crippen LogP contribution in [0.5, 0.6) is 0 Å². The first-order valence-electron chi connectivity index (χ1n) is 8.95. The summed E-state index contributed by atoms with van der Waals surface area (Å²) in [5.74, 6) is 0.991. The Morgan fingerprint density at radius 2 is 2.17 bits per heavy atom. The van der Waals surface area contributed by atoms with Crippen LogP contribution in [0.25, 0.3) is 0 Å². The first kappa shape index (κ1) is 17.4. The zero-order valence-corrected chi connectivity index (χ0v) is 15.1. The maximum Gasteiger partial charge on any atom is 0.132 e. The van der Waals surface area contributed by atoms with Crippen molar-refractivity contribution in [1.29, 1.82) is 0 Å². The molecule has 0 spiro atoms. The molecule has 0 aliphatic carbocycles. The van der Waals surface area contributed by atoms with Crippen LogP contribution in [0.15, 0.2) is 24.0 Å². The summed E-state index contributed by atoms with van der Waals surface area (Å²) in [6, 6.07) is 2.06. The highest BCUT2D eigenvalue weighted by Crippen LogP contribution is 2.35. The zero-order valence-electron chi connectivity index (χ0n) is 15.1. The predicted octanol–water partition coefficient (Wildman–Crippen LogP) is 3.14. The summed E-state index contributed by atoms with van der Waals surface area (Å²) in [7, 11) is 0. The summed E-state index contributed by atoms with van der Waals surface area (Å²) in [5.41, 5.74) is 2.60. The molecule has 1 fully saturated rings. The van der Waals surface area contributed by atoms with E-state index < -0.39 is 0 Å². The van der Waals surface area contributed by atoms with E-state index in [1.54, 1.807) is 6.33 Å². The van der Waals surface area contributed by atoms with Gasteiger partial charge in [0, 0.05) is 31.5 Å². The molecule has 3 heterocycles. The van der Waals surface area contributed by atoms with E-state index in [4.69, 9.17) is 9.47 Å². The van der Waals surface area contributed by atoms with Crippen molar-refractivity contribution in [2.75, 3.05) is 37.8 Å². The Morgan fingerprint density at radius 3 is 2.83 bits per heavy atom. The minimum absolute atomic E-state index is 0.264. The number of hydrogen-bond acceptors (Lipinski definition) is 5. The van der Waals surface area contributed by atoms with Crippen molar-refractivity contribution >= 4 is 5.82 Å². The Balaban J connectivity index is 1.70. The van der Waals surface area contributed by atoms with Crippen molar-refractivity contribution < 1.29 is 9.47 Å². The van der Waals surface area contributed by atoms with E-state index in [0.29, 0.717) is 6.10 Å². The summed E-state index contributed by atoms with van der Waals surface area (Å²) < 4.78 is 11.6. The minimum Gasteiger partial charge on any atom is -0.378 e. The number of ether oxygens (including phenoxy) is 2. The number of hydrogen-bond donors (Lipinski definition) is 0. The van der Waals surface area contributed by atoms with Gasteiger partial charge in [0.25, 0.3) is 0 Å². The van der Waals surface area contributed by atoms with Crippen LogP contribution >= 0.6 is 0 Å². The van der Waals surface area contributed by atoms with E-state index in [2.05, 4.69) is 40.9 Å². The molecule has 24 heavy (non-hydrogen) atoms. The second kappa shape index (κ2) is 7.62. The van der Waals surface area contributed by atoms with Crippen molar-refractivity contribution in [3.8, 4) is 0 Å². The topological polar surface area (TPSA) is 47.5 Å². The molecule has 1 aromatic rings. The van der Waals surface area contributed by atoms with Gasteiger partial charge in [-0.1, -0.05) is 19.9 Å². The van der Waals surface area contributed by atoms with E-state index in [1.807, 2.05) is 6.92 Å². The molecule has 3 rings (SSSR count). The molecule has 0 radical (unpaired) electrons. The Morgan fingerprint density at radius 1 is 1.29 bits per heavy atom. The lowest BCUT2D eigenvalue weighted by molar-refractivity contribution is 0.0586. The molecule has 5 heteroatoms. The van der Waals surface area contributed by atoms with Crippen LogP contribution in [0.4, 0.5) is 5.82 Å². The lowest BCUT2D eigenvalue weighted by atomic mass is 9.84. The molecule has 0 N–H and O–H groups in total. The fraction of sp³-hybridized carbons (Fsp3) is 0.684. The van der Waals surface area contributed by atoms with Gasteiger partial charge in [0.2, 0.25) is 0 Å². The van der Waals surface area contributed by atoms with Gasteiger partial charge in [-0.25, -0.2) is 9.97 Å². The third kappa shape index (κ3) is 4.33. The van der Waals surface area contributed by atoms with Crippen molar-refractivity contribution in [3.63, 3.8) is 0 Å². The number of aryl methyl sites for hydroxylation is 1. The van der Waals surface area contributed by atoms with E-state index >= 15 is 0 Å². The van der Waals surface area contributed by atoms with Crippen LogP contribution in [0.2, 0.25) is 0 Å². The van der Waals surface area contributed by atoms with E-state index in [9.17, 15) is 0 Å². The second-order valence-corrected chi connectivity index (χ2v) is 7.53. The molecule has 1 atom stereocenters. The number of nitrogens with zero attached hydrogens (tertiary/aromatic N) is 3. The molecule has 1 aromatic heterocycles. The molecule has 1 unspecified atom stereocenters. The molecule has 0 saturated carbocycles. The van der Waals surface area contributed by atoms with E-state index in [-0.39, 0.29) is 5.41 Å². The number of aromatic nitrogens is 2. The number of anilines is 1. The van der Waals surface area contributed by atoms with Crippen LogP contribution in [0.3, 0.4) is 0 Å². The first-order valence-corrected chi connectivity index (χ1v) is 8.95. The van der Waals surface area contributed by atoms with Crippen LogP contribution in [0, 0.1) is 12.3 Å². The van der Waals surface area contributed by atoms with Gasteiger partial charge in [0.15, 0.2) is 0 Å². The molecule has 0 amide bonds. The molecule has 2 aliphatic rings. The Bertz CT molecular complexity index is 586. The third-order valence-corrected chi connectivity index (χ3v) is 5.09. The summed E-state index contributed by atoms with van der Waals surface area (Å²) in [5, 5.41) is 0. The molecular weight excluding hydrogens is 302 g/mol. The average molecular weight is 331 g/mol. The molecule has 1 saturated heterocycles. The summed E-state index contributed by atoms with van der Waals surface area (Å²) in [6.07, 6.45) is 7.44. The van der Waals surface area contributed by atoms with Gasteiger partial charge < -0.3 is 14.4 Å². The van der Waals surface area contributed by atoms with Crippen LogP contribution in [-0.2, 0) is 9.47 Å². The first-order chi connectivity index (χ1) is 11.5. The largest absolute Gasteiger partial charge is 0.378 e. The highest BCUT2D eigenvalue weighted by Gasteiger charge is 2.35. The highest BCUT2D eigenvalue weighted by atomic mass is 16.5. The van der Waals surface area contributed by atoms with Crippen molar-refractivity contribution in [2.45, 2.75) is 46.1 Å². The predicted molar refractivity (Wildman–Crippen MR) is 95.3 cm³/mol. The van der Waals surface area contributed by atoms with Gasteiger partial charge in [-0.2, -0.15) is 0 Å². The standard InChI is InChI=1S/C19H29N3O2/c1-15-11-18(21-14-20-15)22(12-16-5-4-9-23-13-16)8-6-17-19(2,3)7-10-24-17/h5,11,14,17H,4,6-10,12-13H2,1-3H3. The molecule has 0 bridgehead atoms. The third-order valence-electron chi connectivity index (χ3n) is 5.09. The molecule has 2 aliphatic heterocycles. The minimum atomic E-state index is 0.264. The van der Waals surface area contributed by atoms with E-state index in [0.717, 1.165) is 63.7 Å². The van der Waals surface area contributed by atoms with Crippen LogP contribution in [-0.4, -0.2) is 49.0 Å². The van der Waals surface area contributed by atoms with Gasteiger partial charge in [-0.15, -0.1) is 0 Å². The van der Waals surface area contributed by atoms with Gasteiger partial charge in [0.05, 0.1) is 19.3 Å². The fourth-order valence-electron chi connectivity index (χ4n) is 3.45. The van der Waals surface area contributed by atoms with E-state index in [1.165, 1.54) is 5.57 Å². The lowest BCUT2D eigenvalue weighted by Crippen LogP contribution is -2.34. The van der Waals surface area contributed by atoms with Gasteiger partial charge in [0.1, 0.15) is 12.1 Å². The van der Waals surface area contributed by atoms with Crippen LogP contribution in [0.1, 0.15) is 38.8 Å². The fourth-order valence-corrected chi connectivity index (χ4v) is 3.45. The van der Waals surface area contributed by atoms with Crippen molar-refractivity contribution in [3.05, 3.63) is 29.7 Å². The zero-order chi connectivity index (χ0) is 17.0. The van der Waals surface area contributed by atoms with Gasteiger partial charge in [-0.3, -0.25) is 0 Å². The summed E-state index contributed by atoms with van der Waals surface area (Å²) in [6.45, 7) is 10.9. The maximum absolute atomic E-state index is 5.97. The second-order valence-electron chi connectivity index (χ2n) is 7.53. The average Bonchev–Trinajstić information content (AvgIpc) is 2.91. The van der Waals surface area contributed by atoms with Crippen molar-refractivity contribution in [1.82, 2.24) is 9.97 Å². The normalized spacial score (nSPS) is 23.1. The molecular formula is C19H29N3O2. The lowest BCUT2D eigenvalue weighted by Gasteiger charge is -2.30. The summed E-state index contributed by atoms with van der Waals surface area (Å²) in [4.78, 5) is 11.1. The summed E-state index contributed by atoms with van der Waals surface area (Å²) >= 11 is 0. The number of rotatable bonds is 6. The molecule has 0 aromatic carbocycles. The monoisotopic (exact) mass is 331 g/mol. The Hall–Kier alpha value is -1.46. The smallest absolute Gasteiger partial charge is 0.132 e. The SMILES string of the molecule is Cc1cc(N(CCC2OCCC2(C)C)CC2=CCCOC2)ncn1. The Labute approximate surface area is 145 Å². The quantitative estimate of drug-likeness (QED) is 0.750.